The van der Waals surface area contributed by atoms with Gasteiger partial charge in [0.1, 0.15) is 5.78 Å². The SMILES string of the molecule is CC(C)CC(=O)NCc1ccc(CC(=O)C(C)C)cc1. The molecule has 1 aromatic rings. The van der Waals surface area contributed by atoms with E-state index in [4.69, 9.17) is 0 Å². The third-order valence-electron chi connectivity index (χ3n) is 3.13. The quantitative estimate of drug-likeness (QED) is 0.831. The first-order valence-corrected chi connectivity index (χ1v) is 7.25. The predicted molar refractivity (Wildman–Crippen MR) is 81.3 cm³/mol. The Morgan fingerprint density at radius 2 is 1.55 bits per heavy atom. The highest BCUT2D eigenvalue weighted by Crippen LogP contribution is 2.08. The van der Waals surface area contributed by atoms with E-state index in [1.165, 1.54) is 0 Å². The second-order valence-corrected chi connectivity index (χ2v) is 5.99. The lowest BCUT2D eigenvalue weighted by molar-refractivity contribution is -0.122. The Morgan fingerprint density at radius 3 is 2.05 bits per heavy atom. The van der Waals surface area contributed by atoms with E-state index in [0.717, 1.165) is 11.1 Å². The fourth-order valence-electron chi connectivity index (χ4n) is 1.82. The minimum atomic E-state index is 0.0741. The molecule has 0 aliphatic rings. The summed E-state index contributed by atoms with van der Waals surface area (Å²) in [6.07, 6.45) is 1.04. The van der Waals surface area contributed by atoms with E-state index in [1.54, 1.807) is 0 Å². The molecule has 0 heterocycles. The molecule has 1 N–H and O–H groups in total. The molecule has 0 bridgehead atoms. The van der Waals surface area contributed by atoms with Crippen molar-refractivity contribution >= 4 is 11.7 Å². The molecule has 0 aliphatic carbocycles. The summed E-state index contributed by atoms with van der Waals surface area (Å²) in [5, 5.41) is 2.90. The zero-order valence-corrected chi connectivity index (χ0v) is 12.9. The van der Waals surface area contributed by atoms with Crippen LogP contribution in [0.25, 0.3) is 0 Å². The molecule has 1 aromatic carbocycles. The van der Waals surface area contributed by atoms with Gasteiger partial charge >= 0.3 is 0 Å². The zero-order valence-electron chi connectivity index (χ0n) is 12.9. The van der Waals surface area contributed by atoms with Crippen LogP contribution in [0.3, 0.4) is 0 Å². The molecule has 3 nitrogen and oxygen atoms in total. The van der Waals surface area contributed by atoms with E-state index in [2.05, 4.69) is 5.32 Å². The highest BCUT2D eigenvalue weighted by Gasteiger charge is 2.08. The third-order valence-corrected chi connectivity index (χ3v) is 3.13. The normalized spacial score (nSPS) is 10.9. The third kappa shape index (κ3) is 6.00. The minimum absolute atomic E-state index is 0.0741. The van der Waals surface area contributed by atoms with Crippen LogP contribution in [0.2, 0.25) is 0 Å². The van der Waals surface area contributed by atoms with Crippen LogP contribution in [0.15, 0.2) is 24.3 Å². The predicted octanol–water partition coefficient (Wildman–Crippen LogP) is 3.12. The zero-order chi connectivity index (χ0) is 15.1. The number of carbonyl (C=O) groups is 2. The van der Waals surface area contributed by atoms with E-state index < -0.39 is 0 Å². The van der Waals surface area contributed by atoms with Gasteiger partial charge in [-0.15, -0.1) is 0 Å². The van der Waals surface area contributed by atoms with Gasteiger partial charge in [0.15, 0.2) is 0 Å². The molecule has 0 atom stereocenters. The molecule has 0 spiro atoms. The summed E-state index contributed by atoms with van der Waals surface area (Å²) in [5.41, 5.74) is 2.09. The number of carbonyl (C=O) groups excluding carboxylic acids is 2. The van der Waals surface area contributed by atoms with Crippen molar-refractivity contribution in [1.29, 1.82) is 0 Å². The largest absolute Gasteiger partial charge is 0.352 e. The maximum absolute atomic E-state index is 11.7. The average Bonchev–Trinajstić information content (AvgIpc) is 2.37. The van der Waals surface area contributed by atoms with Gasteiger partial charge in [0.2, 0.25) is 5.91 Å². The van der Waals surface area contributed by atoms with Crippen molar-refractivity contribution in [2.24, 2.45) is 11.8 Å². The lowest BCUT2D eigenvalue weighted by Crippen LogP contribution is -2.23. The van der Waals surface area contributed by atoms with Gasteiger partial charge in [-0.25, -0.2) is 0 Å². The molecule has 0 unspecified atom stereocenters. The van der Waals surface area contributed by atoms with Crippen molar-refractivity contribution in [2.45, 2.75) is 47.1 Å². The monoisotopic (exact) mass is 275 g/mol. The summed E-state index contributed by atoms with van der Waals surface area (Å²) < 4.78 is 0. The van der Waals surface area contributed by atoms with Crippen molar-refractivity contribution in [3.63, 3.8) is 0 Å². The minimum Gasteiger partial charge on any atom is -0.352 e. The number of hydrogen-bond acceptors (Lipinski definition) is 2. The molecule has 20 heavy (non-hydrogen) atoms. The standard InChI is InChI=1S/C17H25NO2/c1-12(2)9-17(20)18-11-15-7-5-14(6-8-15)10-16(19)13(3)4/h5-8,12-13H,9-11H2,1-4H3,(H,18,20). The van der Waals surface area contributed by atoms with Gasteiger partial charge in [0.25, 0.3) is 0 Å². The van der Waals surface area contributed by atoms with Crippen molar-refractivity contribution in [3.05, 3.63) is 35.4 Å². The summed E-state index contributed by atoms with van der Waals surface area (Å²) in [4.78, 5) is 23.2. The fraction of sp³-hybridized carbons (Fsp3) is 0.529. The van der Waals surface area contributed by atoms with Gasteiger partial charge in [-0.2, -0.15) is 0 Å². The Kier molecular flexibility index (Phi) is 6.43. The molecule has 0 fully saturated rings. The number of rotatable bonds is 7. The van der Waals surface area contributed by atoms with Crippen molar-refractivity contribution in [1.82, 2.24) is 5.32 Å². The number of amides is 1. The number of ketones is 1. The van der Waals surface area contributed by atoms with Crippen LogP contribution in [0.5, 0.6) is 0 Å². The van der Waals surface area contributed by atoms with Crippen molar-refractivity contribution in [3.8, 4) is 0 Å². The van der Waals surface area contributed by atoms with Crippen LogP contribution in [-0.4, -0.2) is 11.7 Å². The summed E-state index contributed by atoms with van der Waals surface area (Å²) >= 11 is 0. The summed E-state index contributed by atoms with van der Waals surface area (Å²) in [5.74, 6) is 0.784. The van der Waals surface area contributed by atoms with Crippen molar-refractivity contribution < 1.29 is 9.59 Å². The van der Waals surface area contributed by atoms with Crippen LogP contribution < -0.4 is 5.32 Å². The maximum Gasteiger partial charge on any atom is 0.220 e. The van der Waals surface area contributed by atoms with Crippen LogP contribution in [0.1, 0.15) is 45.2 Å². The van der Waals surface area contributed by atoms with Gasteiger partial charge in [0.05, 0.1) is 0 Å². The molecule has 3 heteroatoms. The van der Waals surface area contributed by atoms with Crippen LogP contribution in [0.4, 0.5) is 0 Å². The summed E-state index contributed by atoms with van der Waals surface area (Å²) in [6, 6.07) is 7.87. The fourth-order valence-corrected chi connectivity index (χ4v) is 1.82. The Labute approximate surface area is 121 Å². The second kappa shape index (κ2) is 7.83. The highest BCUT2D eigenvalue weighted by atomic mass is 16.1. The van der Waals surface area contributed by atoms with Gasteiger partial charge in [0, 0.05) is 25.3 Å². The molecule has 0 saturated carbocycles. The molecule has 110 valence electrons. The first-order valence-electron chi connectivity index (χ1n) is 7.25. The van der Waals surface area contributed by atoms with Gasteiger partial charge in [-0.3, -0.25) is 9.59 Å². The summed E-state index contributed by atoms with van der Waals surface area (Å²) in [6.45, 7) is 8.44. The topological polar surface area (TPSA) is 46.2 Å². The Balaban J connectivity index is 2.46. The summed E-state index contributed by atoms with van der Waals surface area (Å²) in [7, 11) is 0. The van der Waals surface area contributed by atoms with E-state index in [1.807, 2.05) is 52.0 Å². The Bertz CT molecular complexity index is 447. The van der Waals surface area contributed by atoms with E-state index in [-0.39, 0.29) is 17.6 Å². The van der Waals surface area contributed by atoms with Gasteiger partial charge in [-0.05, 0) is 17.0 Å². The van der Waals surface area contributed by atoms with Crippen molar-refractivity contribution in [2.75, 3.05) is 0 Å². The van der Waals surface area contributed by atoms with E-state index in [0.29, 0.717) is 25.3 Å². The molecule has 0 aliphatic heterocycles. The Morgan fingerprint density at radius 1 is 1.00 bits per heavy atom. The van der Waals surface area contributed by atoms with Crippen LogP contribution in [-0.2, 0) is 22.6 Å². The average molecular weight is 275 g/mol. The van der Waals surface area contributed by atoms with Crippen LogP contribution >= 0.6 is 0 Å². The molecule has 0 radical (unpaired) electrons. The van der Waals surface area contributed by atoms with E-state index in [9.17, 15) is 9.59 Å². The first kappa shape index (κ1) is 16.4. The highest BCUT2D eigenvalue weighted by molar-refractivity contribution is 5.82. The molecule has 1 rings (SSSR count). The van der Waals surface area contributed by atoms with Crippen LogP contribution in [0, 0.1) is 11.8 Å². The molecule has 0 saturated heterocycles. The van der Waals surface area contributed by atoms with Gasteiger partial charge in [-0.1, -0.05) is 52.0 Å². The molecule has 1 amide bonds. The molecular formula is C17H25NO2. The Hall–Kier alpha value is -1.64. The smallest absolute Gasteiger partial charge is 0.220 e. The maximum atomic E-state index is 11.7. The lowest BCUT2D eigenvalue weighted by Gasteiger charge is -2.08. The number of benzene rings is 1. The molecule has 0 aromatic heterocycles. The number of Topliss-reactive ketones (excluding diaryl/α,β-unsaturated/α-hetero) is 1. The first-order chi connectivity index (χ1) is 9.38. The number of nitrogens with one attached hydrogen (secondary N) is 1. The molecular weight excluding hydrogens is 250 g/mol. The van der Waals surface area contributed by atoms with E-state index >= 15 is 0 Å². The number of hydrogen-bond donors (Lipinski definition) is 1. The van der Waals surface area contributed by atoms with Gasteiger partial charge < -0.3 is 5.32 Å². The second-order valence-electron chi connectivity index (χ2n) is 5.99. The lowest BCUT2D eigenvalue weighted by atomic mass is 10.0.